The van der Waals surface area contributed by atoms with Crippen molar-refractivity contribution in [3.05, 3.63) is 121 Å². The second-order valence-electron chi connectivity index (χ2n) is 21.3. The Morgan fingerprint density at radius 1 is 0.882 bits per heavy atom. The van der Waals surface area contributed by atoms with E-state index in [2.05, 4.69) is 93.3 Å². The summed E-state index contributed by atoms with van der Waals surface area (Å²) in [6.45, 7) is 22.3. The van der Waals surface area contributed by atoms with E-state index < -0.39 is 50.3 Å². The van der Waals surface area contributed by atoms with Gasteiger partial charge in [-0.2, -0.15) is 0 Å². The molecule has 0 unspecified atom stereocenters. The molecule has 11 atom stereocenters. The molecule has 368 valence electrons. The Hall–Kier alpha value is -4.63. The molecule has 3 saturated heterocycles. The zero-order valence-electron chi connectivity index (χ0n) is 41.5. The van der Waals surface area contributed by atoms with Gasteiger partial charge in [0.15, 0.2) is 0 Å². The van der Waals surface area contributed by atoms with Gasteiger partial charge in [-0.25, -0.2) is 14.6 Å². The van der Waals surface area contributed by atoms with Gasteiger partial charge >= 0.3 is 12.1 Å². The average molecular weight is 951 g/mol. The van der Waals surface area contributed by atoms with E-state index >= 15 is 0 Å². The Bertz CT molecular complexity index is 2220. The van der Waals surface area contributed by atoms with Gasteiger partial charge in [0.05, 0.1) is 49.3 Å². The van der Waals surface area contributed by atoms with Crippen molar-refractivity contribution in [3.8, 4) is 0 Å². The van der Waals surface area contributed by atoms with Gasteiger partial charge < -0.3 is 43.0 Å². The summed E-state index contributed by atoms with van der Waals surface area (Å²) in [4.78, 5) is 31.3. The van der Waals surface area contributed by atoms with E-state index in [-0.39, 0.29) is 54.0 Å². The number of hydrogen-bond acceptors (Lipinski definition) is 11. The van der Waals surface area contributed by atoms with Crippen molar-refractivity contribution in [1.82, 2.24) is 10.3 Å². The molecule has 13 heteroatoms. The quantitative estimate of drug-likeness (QED) is 0.126. The fraction of sp³-hybridized carbons (Fsp3) is 0.545. The first-order valence-corrected chi connectivity index (χ1v) is 26.4. The van der Waals surface area contributed by atoms with E-state index in [9.17, 15) is 14.7 Å². The fourth-order valence-corrected chi connectivity index (χ4v) is 15.4. The lowest BCUT2D eigenvalue weighted by molar-refractivity contribution is -0.180. The zero-order chi connectivity index (χ0) is 48.8. The van der Waals surface area contributed by atoms with Gasteiger partial charge in [0.1, 0.15) is 29.8 Å². The molecule has 3 aromatic rings. The molecule has 0 saturated carbocycles. The highest BCUT2D eigenvalue weighted by atomic mass is 28.4. The maximum Gasteiger partial charge on any atom is 0.408 e. The normalized spacial score (nSPS) is 30.2. The summed E-state index contributed by atoms with van der Waals surface area (Å²) in [6, 6.07) is 20.7. The van der Waals surface area contributed by atoms with Crippen LogP contribution in [-0.2, 0) is 32.9 Å². The van der Waals surface area contributed by atoms with Crippen molar-refractivity contribution >= 4 is 36.8 Å². The molecule has 5 heterocycles. The van der Waals surface area contributed by atoms with Gasteiger partial charge in [-0.1, -0.05) is 126 Å². The molecule has 4 aliphatic heterocycles. The number of oxazole rings is 1. The Labute approximate surface area is 404 Å². The molecule has 0 radical (unpaired) electrons. The highest BCUT2D eigenvalue weighted by Crippen LogP contribution is 2.43. The van der Waals surface area contributed by atoms with Crippen LogP contribution in [0.3, 0.4) is 0 Å². The maximum absolute atomic E-state index is 13.6. The van der Waals surface area contributed by atoms with Crippen molar-refractivity contribution in [2.45, 2.75) is 173 Å². The molecule has 3 fully saturated rings. The van der Waals surface area contributed by atoms with E-state index in [1.54, 1.807) is 33.1 Å². The zero-order valence-corrected chi connectivity index (χ0v) is 42.5. The van der Waals surface area contributed by atoms with E-state index in [1.165, 1.54) is 16.4 Å². The summed E-state index contributed by atoms with van der Waals surface area (Å²) in [5.74, 6) is -0.453. The van der Waals surface area contributed by atoms with E-state index in [1.807, 2.05) is 39.0 Å². The van der Waals surface area contributed by atoms with Crippen LogP contribution >= 0.6 is 0 Å². The summed E-state index contributed by atoms with van der Waals surface area (Å²) >= 11 is 0. The van der Waals surface area contributed by atoms with Gasteiger partial charge in [0.25, 0.3) is 8.32 Å². The number of carbonyl (C=O) groups is 2. The van der Waals surface area contributed by atoms with Gasteiger partial charge in [-0.05, 0) is 86.9 Å². The monoisotopic (exact) mass is 951 g/mol. The predicted octanol–water partition coefficient (Wildman–Crippen LogP) is 9.48. The van der Waals surface area contributed by atoms with E-state index in [0.29, 0.717) is 50.1 Å². The Morgan fingerprint density at radius 2 is 1.54 bits per heavy atom. The summed E-state index contributed by atoms with van der Waals surface area (Å²) < 4.78 is 46.2. The third-order valence-corrected chi connectivity index (χ3v) is 18.8. The molecule has 1 amide bonds. The van der Waals surface area contributed by atoms with Crippen molar-refractivity contribution in [3.63, 3.8) is 0 Å². The molecule has 7 rings (SSSR count). The number of hydrogen-bond donors (Lipinski definition) is 2. The lowest BCUT2D eigenvalue weighted by Gasteiger charge is -2.47. The number of carbonyl (C=O) groups excluding carboxylic acids is 2. The number of nitrogens with zero attached hydrogens (tertiary/aromatic N) is 1. The Kier molecular flexibility index (Phi) is 16.6. The van der Waals surface area contributed by atoms with Crippen LogP contribution in [-0.4, -0.2) is 91.4 Å². The highest BCUT2D eigenvalue weighted by Gasteiger charge is 2.53. The number of benzene rings is 2. The maximum atomic E-state index is 13.6. The van der Waals surface area contributed by atoms with Crippen molar-refractivity contribution in [2.24, 2.45) is 11.8 Å². The summed E-state index contributed by atoms with van der Waals surface area (Å²) in [7, 11) is -2.92. The summed E-state index contributed by atoms with van der Waals surface area (Å²) in [5.41, 5.74) is 1.89. The molecular weight excluding hydrogens is 877 g/mol. The van der Waals surface area contributed by atoms with Crippen molar-refractivity contribution in [2.75, 3.05) is 6.61 Å². The number of aliphatic hydroxyl groups is 1. The second-order valence-corrected chi connectivity index (χ2v) is 25.6. The van der Waals surface area contributed by atoms with Gasteiger partial charge in [-0.3, -0.25) is 0 Å². The average Bonchev–Trinajstić information content (AvgIpc) is 3.75. The number of nitrogens with one attached hydrogen (secondary N) is 1. The van der Waals surface area contributed by atoms with Crippen molar-refractivity contribution < 1.29 is 47.2 Å². The lowest BCUT2D eigenvalue weighted by atomic mass is 9.79. The first-order chi connectivity index (χ1) is 32.3. The lowest BCUT2D eigenvalue weighted by Crippen LogP contribution is -2.68. The first-order valence-electron chi connectivity index (χ1n) is 24.5. The number of rotatable bonds is 8. The Balaban J connectivity index is 1.20. The first kappa shape index (κ1) is 51.2. The van der Waals surface area contributed by atoms with Gasteiger partial charge in [-0.15, -0.1) is 0 Å². The van der Waals surface area contributed by atoms with Gasteiger partial charge in [0.2, 0.25) is 5.89 Å². The van der Waals surface area contributed by atoms with E-state index in [0.717, 1.165) is 17.6 Å². The molecule has 68 heavy (non-hydrogen) atoms. The molecule has 1 aromatic heterocycles. The standard InChI is InChI=1S/C55H74N2O10Si/c1-35-27-40-19-17-26-50(59)65-52-37(3)47(64-51(38(52)4)36(2)29-39(33-58)56-53(60)66-54(5,6)7)24-18-25-49-57-46(34-61-49)48-32-43(31-42(63-48)30-41(28-35)62-40)67-68(55(8,9)10,44-20-13-11-14-21-44)45-22-15-12-16-23-45/h11-18,20-23,25-26,29,34,37-43,47-48,51-52,58H,1,19,24,27-28,30-33H2,2-10H3,(H,56,60)/b25-18+,26-17-,36-29+/t37-,38-,39+,40-,41+,42+,43+,47+,48+,51-,52-/m0/s1. The molecular formula is C55H74N2O10Si. The molecule has 4 aliphatic rings. The van der Waals surface area contributed by atoms with Crippen LogP contribution in [0.25, 0.3) is 6.08 Å². The number of aliphatic hydroxyl groups excluding tert-OH is 1. The SMILES string of the molecule is C=C1C[C@@H]2C[C@@H]3C[C@@H](O[Si](c4ccccc4)(c4ccccc4)C(C)(C)C)C[C@@H](O3)c3coc(n3)/C=C/C[C@H]3O[C@@H](/C(C)=C/[C@H](CO)NC(=O)OC(C)(C)C)[C@H](C)[C@@H](OC(=O)/C=C\C[C@@H](C1)O2)[C@H]3C. The topological polar surface area (TPSA) is 148 Å². The summed E-state index contributed by atoms with van der Waals surface area (Å²) in [6.07, 6.45) is 11.9. The number of amides is 1. The fourth-order valence-electron chi connectivity index (χ4n) is 10.7. The third-order valence-electron chi connectivity index (χ3n) is 13.7. The Morgan fingerprint density at radius 3 is 2.19 bits per heavy atom. The highest BCUT2D eigenvalue weighted by molar-refractivity contribution is 6.99. The minimum Gasteiger partial charge on any atom is -0.458 e. The van der Waals surface area contributed by atoms with Crippen LogP contribution < -0.4 is 15.7 Å². The van der Waals surface area contributed by atoms with Gasteiger partial charge in [0, 0.05) is 30.8 Å². The second kappa shape index (κ2) is 22.0. The van der Waals surface area contributed by atoms with Crippen LogP contribution in [0, 0.1) is 11.8 Å². The van der Waals surface area contributed by atoms with Crippen LogP contribution in [0.1, 0.15) is 125 Å². The smallest absolute Gasteiger partial charge is 0.408 e. The van der Waals surface area contributed by atoms with Crippen LogP contribution in [0.15, 0.2) is 113 Å². The molecule has 0 aliphatic carbocycles. The minimum absolute atomic E-state index is 0.136. The van der Waals surface area contributed by atoms with Crippen LogP contribution in [0.5, 0.6) is 0 Å². The van der Waals surface area contributed by atoms with E-state index in [4.69, 9.17) is 37.5 Å². The predicted molar refractivity (Wildman–Crippen MR) is 266 cm³/mol. The molecule has 2 N–H and O–H groups in total. The number of fused-ring (bicyclic) bond motifs is 9. The number of alkyl carbamates (subject to hydrolysis) is 1. The minimum atomic E-state index is -2.92. The molecule has 12 nitrogen and oxygen atoms in total. The largest absolute Gasteiger partial charge is 0.458 e. The van der Waals surface area contributed by atoms with Crippen molar-refractivity contribution in [1.29, 1.82) is 0 Å². The number of ether oxygens (including phenoxy) is 5. The number of aromatic nitrogens is 1. The number of esters is 1. The van der Waals surface area contributed by atoms with Crippen LogP contribution in [0.4, 0.5) is 4.79 Å². The molecule has 2 aromatic carbocycles. The molecule has 0 spiro atoms. The summed E-state index contributed by atoms with van der Waals surface area (Å²) in [5, 5.41) is 15.2. The van der Waals surface area contributed by atoms with Crippen LogP contribution in [0.2, 0.25) is 5.04 Å². The molecule has 8 bridgehead atoms. The third kappa shape index (κ3) is 12.6.